The Labute approximate surface area is 144 Å². The number of hydrogen-bond donors (Lipinski definition) is 2. The van der Waals surface area contributed by atoms with Crippen LogP contribution in [0.2, 0.25) is 0 Å². The average molecular weight is 334 g/mol. The molecule has 2 N–H and O–H groups in total. The highest BCUT2D eigenvalue weighted by atomic mass is 32.1. The molecule has 1 aromatic heterocycles. The van der Waals surface area contributed by atoms with Crippen LogP contribution >= 0.6 is 12.2 Å². The van der Waals surface area contributed by atoms with Crippen molar-refractivity contribution >= 4 is 17.3 Å². The maximum Gasteiger partial charge on any atom is 0.166 e. The zero-order valence-corrected chi connectivity index (χ0v) is 14.5. The van der Waals surface area contributed by atoms with E-state index in [1.165, 1.54) is 38.5 Å². The van der Waals surface area contributed by atoms with Crippen LogP contribution in [0.5, 0.6) is 0 Å². The molecule has 2 aliphatic carbocycles. The molecule has 3 aliphatic rings. The summed E-state index contributed by atoms with van der Waals surface area (Å²) in [6, 6.07) is 4.94. The van der Waals surface area contributed by atoms with Crippen LogP contribution in [0.1, 0.15) is 50.3 Å². The highest BCUT2D eigenvalue weighted by molar-refractivity contribution is 7.80. The van der Waals surface area contributed by atoms with Gasteiger partial charge in [0.1, 0.15) is 5.76 Å². The van der Waals surface area contributed by atoms with Crippen LogP contribution in [-0.2, 0) is 0 Å². The number of rotatable bonds is 5. The lowest BCUT2D eigenvalue weighted by atomic mass is 9.96. The van der Waals surface area contributed by atoms with Crippen molar-refractivity contribution in [1.82, 2.24) is 15.5 Å². The molecule has 126 valence electrons. The van der Waals surface area contributed by atoms with Crippen LogP contribution in [0.3, 0.4) is 0 Å². The third-order valence-corrected chi connectivity index (χ3v) is 6.23. The van der Waals surface area contributed by atoms with Gasteiger partial charge in [-0.2, -0.15) is 0 Å². The molecule has 1 aromatic rings. The van der Waals surface area contributed by atoms with E-state index in [-0.39, 0.29) is 6.04 Å². The highest BCUT2D eigenvalue weighted by Crippen LogP contribution is 2.44. The molecule has 23 heavy (non-hydrogen) atoms. The number of nitrogens with one attached hydrogen (secondary N) is 2. The van der Waals surface area contributed by atoms with Gasteiger partial charge in [0, 0.05) is 12.6 Å². The molecular formula is C18H27N3OS. The first kappa shape index (κ1) is 15.5. The predicted octanol–water partition coefficient (Wildman–Crippen LogP) is 3.07. The SMILES string of the molecule is S=C(NCC(c1ccco1)N1CCCC1)NC1CC2CCC1C2. The van der Waals surface area contributed by atoms with Crippen LogP contribution in [0.4, 0.5) is 0 Å². The van der Waals surface area contributed by atoms with Gasteiger partial charge in [0.25, 0.3) is 0 Å². The summed E-state index contributed by atoms with van der Waals surface area (Å²) in [5.41, 5.74) is 0. The molecule has 2 bridgehead atoms. The number of nitrogens with zero attached hydrogens (tertiary/aromatic N) is 1. The molecule has 4 rings (SSSR count). The minimum Gasteiger partial charge on any atom is -0.468 e. The average Bonchev–Trinajstić information content (AvgIpc) is 3.33. The van der Waals surface area contributed by atoms with Crippen LogP contribution in [0.15, 0.2) is 22.8 Å². The van der Waals surface area contributed by atoms with E-state index in [2.05, 4.69) is 21.6 Å². The minimum absolute atomic E-state index is 0.285. The molecular weight excluding hydrogens is 306 g/mol. The standard InChI is InChI=1S/C18H27N3OS/c23-18(20-15-11-13-5-6-14(15)10-13)19-12-16(17-4-3-9-22-17)21-7-1-2-8-21/h3-4,9,13-16H,1-2,5-8,10-12H2,(H2,19,20,23). The van der Waals surface area contributed by atoms with E-state index in [1.54, 1.807) is 6.26 Å². The van der Waals surface area contributed by atoms with E-state index in [0.29, 0.717) is 6.04 Å². The Morgan fingerprint density at radius 3 is 2.83 bits per heavy atom. The van der Waals surface area contributed by atoms with Crippen molar-refractivity contribution < 1.29 is 4.42 Å². The second kappa shape index (κ2) is 6.81. The number of likely N-dealkylation sites (tertiary alicyclic amines) is 1. The quantitative estimate of drug-likeness (QED) is 0.811. The third kappa shape index (κ3) is 3.41. The fourth-order valence-corrected chi connectivity index (χ4v) is 5.01. The zero-order valence-electron chi connectivity index (χ0n) is 13.7. The van der Waals surface area contributed by atoms with Crippen molar-refractivity contribution in [3.05, 3.63) is 24.2 Å². The highest BCUT2D eigenvalue weighted by Gasteiger charge is 2.39. The lowest BCUT2D eigenvalue weighted by Gasteiger charge is -2.28. The van der Waals surface area contributed by atoms with Gasteiger partial charge in [-0.1, -0.05) is 6.42 Å². The van der Waals surface area contributed by atoms with Crippen LogP contribution in [0, 0.1) is 11.8 Å². The maximum absolute atomic E-state index is 5.67. The maximum atomic E-state index is 5.67. The fourth-order valence-electron chi connectivity index (χ4n) is 4.77. The smallest absolute Gasteiger partial charge is 0.166 e. The molecule has 4 nitrogen and oxygen atoms in total. The second-order valence-corrected chi connectivity index (χ2v) is 7.82. The predicted molar refractivity (Wildman–Crippen MR) is 95.2 cm³/mol. The van der Waals surface area contributed by atoms with Gasteiger partial charge < -0.3 is 15.1 Å². The van der Waals surface area contributed by atoms with E-state index in [4.69, 9.17) is 16.6 Å². The molecule has 0 aromatic carbocycles. The number of hydrogen-bond acceptors (Lipinski definition) is 3. The van der Waals surface area contributed by atoms with Crippen LogP contribution in [0.25, 0.3) is 0 Å². The first-order valence-corrected chi connectivity index (χ1v) is 9.52. The van der Waals surface area contributed by atoms with Gasteiger partial charge in [-0.25, -0.2) is 0 Å². The van der Waals surface area contributed by atoms with E-state index >= 15 is 0 Å². The van der Waals surface area contributed by atoms with E-state index in [0.717, 1.165) is 42.3 Å². The first-order chi connectivity index (χ1) is 11.3. The normalized spacial score (nSPS) is 31.4. The van der Waals surface area contributed by atoms with E-state index < -0.39 is 0 Å². The Morgan fingerprint density at radius 2 is 2.17 bits per heavy atom. The van der Waals surface area contributed by atoms with Crippen LogP contribution < -0.4 is 10.6 Å². The van der Waals surface area contributed by atoms with Crippen molar-refractivity contribution in [2.75, 3.05) is 19.6 Å². The second-order valence-electron chi connectivity index (χ2n) is 7.41. The van der Waals surface area contributed by atoms with Gasteiger partial charge in [-0.05, 0) is 81.4 Å². The largest absolute Gasteiger partial charge is 0.468 e. The summed E-state index contributed by atoms with van der Waals surface area (Å²) in [5.74, 6) is 2.84. The summed E-state index contributed by atoms with van der Waals surface area (Å²) in [4.78, 5) is 2.51. The van der Waals surface area contributed by atoms with Crippen molar-refractivity contribution in [3.63, 3.8) is 0 Å². The molecule has 1 saturated heterocycles. The summed E-state index contributed by atoms with van der Waals surface area (Å²) in [6.07, 6.45) is 9.86. The monoisotopic (exact) mass is 333 g/mol. The summed E-state index contributed by atoms with van der Waals surface area (Å²) in [5, 5.41) is 7.84. The van der Waals surface area contributed by atoms with E-state index in [1.807, 2.05) is 6.07 Å². The number of thiocarbonyl (C=S) groups is 1. The van der Waals surface area contributed by atoms with E-state index in [9.17, 15) is 0 Å². The first-order valence-electron chi connectivity index (χ1n) is 9.11. The van der Waals surface area contributed by atoms with Crippen LogP contribution in [-0.4, -0.2) is 35.7 Å². The minimum atomic E-state index is 0.285. The van der Waals surface area contributed by atoms with Crippen molar-refractivity contribution in [2.24, 2.45) is 11.8 Å². The molecule has 4 unspecified atom stereocenters. The van der Waals surface area contributed by atoms with Crippen molar-refractivity contribution in [1.29, 1.82) is 0 Å². The Balaban J connectivity index is 1.31. The Bertz CT molecular complexity index is 526. The summed E-state index contributed by atoms with van der Waals surface area (Å²) in [6.45, 7) is 3.12. The number of furan rings is 1. The topological polar surface area (TPSA) is 40.4 Å². The van der Waals surface area contributed by atoms with Gasteiger partial charge in [0.05, 0.1) is 12.3 Å². The molecule has 0 spiro atoms. The summed E-state index contributed by atoms with van der Waals surface area (Å²) < 4.78 is 5.67. The lowest BCUT2D eigenvalue weighted by Crippen LogP contribution is -2.46. The van der Waals surface area contributed by atoms with Gasteiger partial charge in [-0.15, -0.1) is 0 Å². The Kier molecular flexibility index (Phi) is 4.58. The molecule has 2 heterocycles. The zero-order chi connectivity index (χ0) is 15.6. The molecule has 5 heteroatoms. The van der Waals surface area contributed by atoms with Crippen molar-refractivity contribution in [3.8, 4) is 0 Å². The third-order valence-electron chi connectivity index (χ3n) is 5.96. The molecule has 0 radical (unpaired) electrons. The van der Waals surface area contributed by atoms with Gasteiger partial charge in [0.15, 0.2) is 5.11 Å². The Hall–Kier alpha value is -1.07. The fraction of sp³-hybridized carbons (Fsp3) is 0.722. The summed E-state index contributed by atoms with van der Waals surface area (Å²) in [7, 11) is 0. The van der Waals surface area contributed by atoms with Gasteiger partial charge in [-0.3, -0.25) is 4.90 Å². The molecule has 4 atom stereocenters. The van der Waals surface area contributed by atoms with Gasteiger partial charge >= 0.3 is 0 Å². The molecule has 3 fully saturated rings. The Morgan fingerprint density at radius 1 is 1.30 bits per heavy atom. The molecule has 0 amide bonds. The molecule has 1 aliphatic heterocycles. The van der Waals surface area contributed by atoms with Gasteiger partial charge in [0.2, 0.25) is 0 Å². The molecule has 2 saturated carbocycles. The number of fused-ring (bicyclic) bond motifs is 2. The lowest BCUT2D eigenvalue weighted by molar-refractivity contribution is 0.215. The van der Waals surface area contributed by atoms with Crippen molar-refractivity contribution in [2.45, 2.75) is 50.6 Å². The summed E-state index contributed by atoms with van der Waals surface area (Å²) >= 11 is 5.56.